The van der Waals surface area contributed by atoms with Gasteiger partial charge in [-0.1, -0.05) is 25.7 Å². The number of aliphatic hydroxyl groups is 1. The van der Waals surface area contributed by atoms with Gasteiger partial charge in [-0.15, -0.1) is 0 Å². The maximum atomic E-state index is 12.3. The second-order valence-electron chi connectivity index (χ2n) is 6.07. The smallest absolute Gasteiger partial charge is 0.279 e. The van der Waals surface area contributed by atoms with Crippen molar-refractivity contribution in [2.24, 2.45) is 0 Å². The topological polar surface area (TPSA) is 69.6 Å². The number of piperidine rings is 1. The highest BCUT2D eigenvalue weighted by molar-refractivity contribution is 7.87. The molecule has 1 unspecified atom stereocenters. The number of nitrogens with one attached hydrogen (secondary N) is 1. The molecule has 0 bridgehead atoms. The van der Waals surface area contributed by atoms with Crippen molar-refractivity contribution >= 4 is 10.2 Å². The fraction of sp³-hybridized carbons (Fsp3) is 1.00. The van der Waals surface area contributed by atoms with Gasteiger partial charge in [0.1, 0.15) is 0 Å². The third-order valence-electron chi connectivity index (χ3n) is 4.42. The molecule has 1 saturated heterocycles. The highest BCUT2D eigenvalue weighted by Crippen LogP contribution is 2.28. The molecule has 0 aromatic carbocycles. The largest absolute Gasteiger partial charge is 0.389 e. The third-order valence-corrected chi connectivity index (χ3v) is 6.09. The van der Waals surface area contributed by atoms with E-state index < -0.39 is 15.8 Å². The Bertz CT molecular complexity index is 391. The van der Waals surface area contributed by atoms with Crippen molar-refractivity contribution in [2.45, 2.75) is 69.9 Å². The van der Waals surface area contributed by atoms with E-state index >= 15 is 0 Å². The lowest BCUT2D eigenvalue weighted by Crippen LogP contribution is -2.52. The van der Waals surface area contributed by atoms with E-state index in [1.165, 1.54) is 0 Å². The summed E-state index contributed by atoms with van der Waals surface area (Å²) < 4.78 is 28.7. The van der Waals surface area contributed by atoms with Crippen LogP contribution in [0.1, 0.15) is 58.3 Å². The quantitative estimate of drug-likeness (QED) is 0.822. The van der Waals surface area contributed by atoms with Gasteiger partial charge >= 0.3 is 0 Å². The Hall–Kier alpha value is -0.170. The van der Waals surface area contributed by atoms with Crippen molar-refractivity contribution in [3.8, 4) is 0 Å². The zero-order valence-electron chi connectivity index (χ0n) is 11.8. The average molecular weight is 290 g/mol. The Morgan fingerprint density at radius 1 is 1.21 bits per heavy atom. The molecule has 1 heterocycles. The number of hydrogen-bond donors (Lipinski definition) is 2. The van der Waals surface area contributed by atoms with Crippen LogP contribution in [0.3, 0.4) is 0 Å². The van der Waals surface area contributed by atoms with E-state index in [4.69, 9.17) is 0 Å². The minimum atomic E-state index is -3.45. The van der Waals surface area contributed by atoms with Crippen LogP contribution in [0, 0.1) is 0 Å². The van der Waals surface area contributed by atoms with Gasteiger partial charge in [0.2, 0.25) is 0 Å². The van der Waals surface area contributed by atoms with Crippen molar-refractivity contribution in [1.82, 2.24) is 9.03 Å². The molecule has 2 aliphatic rings. The molecule has 2 N–H and O–H groups in total. The summed E-state index contributed by atoms with van der Waals surface area (Å²) >= 11 is 0. The monoisotopic (exact) mass is 290 g/mol. The molecule has 6 heteroatoms. The third kappa shape index (κ3) is 3.90. The fourth-order valence-electron chi connectivity index (χ4n) is 3.12. The normalized spacial score (nSPS) is 29.3. The maximum absolute atomic E-state index is 12.3. The molecule has 112 valence electrons. The summed E-state index contributed by atoms with van der Waals surface area (Å²) in [6.45, 7) is 2.70. The second-order valence-corrected chi connectivity index (χ2v) is 7.77. The highest BCUT2D eigenvalue weighted by Gasteiger charge is 2.34. The molecule has 2 rings (SSSR count). The number of hydrogen-bond acceptors (Lipinski definition) is 3. The minimum absolute atomic E-state index is 0.0623. The van der Waals surface area contributed by atoms with Gasteiger partial charge in [0, 0.05) is 19.1 Å². The van der Waals surface area contributed by atoms with E-state index in [0.29, 0.717) is 19.4 Å². The van der Waals surface area contributed by atoms with E-state index in [-0.39, 0.29) is 12.6 Å². The van der Waals surface area contributed by atoms with E-state index in [0.717, 1.165) is 38.5 Å². The molecule has 0 amide bonds. The van der Waals surface area contributed by atoms with Crippen LogP contribution in [0.2, 0.25) is 0 Å². The van der Waals surface area contributed by atoms with Crippen LogP contribution >= 0.6 is 0 Å². The Morgan fingerprint density at radius 3 is 2.53 bits per heavy atom. The second kappa shape index (κ2) is 6.08. The van der Waals surface area contributed by atoms with Gasteiger partial charge in [0.05, 0.1) is 5.60 Å². The molecular formula is C13H26N2O3S. The lowest BCUT2D eigenvalue weighted by Gasteiger charge is -2.35. The molecule has 0 aromatic rings. The summed E-state index contributed by atoms with van der Waals surface area (Å²) in [7, 11) is -3.45. The summed E-state index contributed by atoms with van der Waals surface area (Å²) in [5.74, 6) is 0. The van der Waals surface area contributed by atoms with Crippen LogP contribution in [-0.2, 0) is 10.2 Å². The summed E-state index contributed by atoms with van der Waals surface area (Å²) in [5, 5.41) is 10.4. The van der Waals surface area contributed by atoms with Gasteiger partial charge in [-0.2, -0.15) is 17.4 Å². The molecule has 2 fully saturated rings. The number of nitrogens with zero attached hydrogens (tertiary/aromatic N) is 1. The standard InChI is InChI=1S/C13H26N2O3S/c1-12-7-3-6-10-15(12)19(17,18)14-11-13(16)8-4-2-5-9-13/h12,14,16H,2-11H2,1H3. The first-order valence-electron chi connectivity index (χ1n) is 7.42. The van der Waals surface area contributed by atoms with Gasteiger partial charge in [-0.05, 0) is 32.6 Å². The SMILES string of the molecule is CC1CCCCN1S(=O)(=O)NCC1(O)CCCCC1. The van der Waals surface area contributed by atoms with E-state index in [2.05, 4.69) is 4.72 Å². The maximum Gasteiger partial charge on any atom is 0.279 e. The van der Waals surface area contributed by atoms with Crippen LogP contribution in [0.15, 0.2) is 0 Å². The van der Waals surface area contributed by atoms with Gasteiger partial charge in [0.25, 0.3) is 10.2 Å². The molecule has 1 aliphatic carbocycles. The Kier molecular flexibility index (Phi) is 4.87. The van der Waals surface area contributed by atoms with Gasteiger partial charge in [-0.25, -0.2) is 0 Å². The summed E-state index contributed by atoms with van der Waals surface area (Å²) in [5.41, 5.74) is -0.843. The van der Waals surface area contributed by atoms with Crippen molar-refractivity contribution in [1.29, 1.82) is 0 Å². The van der Waals surface area contributed by atoms with Crippen LogP contribution in [0.4, 0.5) is 0 Å². The summed E-state index contributed by atoms with van der Waals surface area (Å²) in [6.07, 6.45) is 7.45. The molecule has 1 saturated carbocycles. The van der Waals surface area contributed by atoms with Crippen molar-refractivity contribution in [3.05, 3.63) is 0 Å². The van der Waals surface area contributed by atoms with Crippen LogP contribution in [0.25, 0.3) is 0 Å². The van der Waals surface area contributed by atoms with Gasteiger partial charge < -0.3 is 5.11 Å². The lowest BCUT2D eigenvalue weighted by molar-refractivity contribution is 0.00900. The molecule has 19 heavy (non-hydrogen) atoms. The van der Waals surface area contributed by atoms with Crippen molar-refractivity contribution in [2.75, 3.05) is 13.1 Å². The minimum Gasteiger partial charge on any atom is -0.389 e. The lowest BCUT2D eigenvalue weighted by atomic mass is 9.85. The molecule has 1 atom stereocenters. The molecule has 5 nitrogen and oxygen atoms in total. The summed E-state index contributed by atoms with van der Waals surface area (Å²) in [6, 6.07) is 0.0623. The highest BCUT2D eigenvalue weighted by atomic mass is 32.2. The molecule has 1 aliphatic heterocycles. The van der Waals surface area contributed by atoms with Crippen molar-refractivity contribution in [3.63, 3.8) is 0 Å². The van der Waals surface area contributed by atoms with Crippen LogP contribution in [-0.4, -0.2) is 42.6 Å². The molecule has 0 spiro atoms. The van der Waals surface area contributed by atoms with Gasteiger partial charge in [0.15, 0.2) is 0 Å². The Morgan fingerprint density at radius 2 is 1.89 bits per heavy atom. The Labute approximate surface area is 116 Å². The molecule has 0 radical (unpaired) electrons. The van der Waals surface area contributed by atoms with E-state index in [1.54, 1.807) is 4.31 Å². The summed E-state index contributed by atoms with van der Waals surface area (Å²) in [4.78, 5) is 0. The number of rotatable bonds is 4. The first-order chi connectivity index (χ1) is 8.93. The predicted octanol–water partition coefficient (Wildman–Crippen LogP) is 1.39. The fourth-order valence-corrected chi connectivity index (χ4v) is 4.69. The average Bonchev–Trinajstić information content (AvgIpc) is 2.38. The predicted molar refractivity (Wildman–Crippen MR) is 75.0 cm³/mol. The van der Waals surface area contributed by atoms with E-state index in [1.807, 2.05) is 6.92 Å². The zero-order valence-corrected chi connectivity index (χ0v) is 12.6. The Balaban J connectivity index is 1.93. The zero-order chi connectivity index (χ0) is 13.9. The molecule has 0 aromatic heterocycles. The van der Waals surface area contributed by atoms with Gasteiger partial charge in [-0.3, -0.25) is 0 Å². The van der Waals surface area contributed by atoms with E-state index in [9.17, 15) is 13.5 Å². The van der Waals surface area contributed by atoms with Crippen molar-refractivity contribution < 1.29 is 13.5 Å². The first-order valence-corrected chi connectivity index (χ1v) is 8.86. The van der Waals surface area contributed by atoms with Crippen LogP contribution < -0.4 is 4.72 Å². The van der Waals surface area contributed by atoms with Crippen LogP contribution in [0.5, 0.6) is 0 Å². The first kappa shape index (κ1) is 15.2. The molecular weight excluding hydrogens is 264 g/mol.